The van der Waals surface area contributed by atoms with Gasteiger partial charge in [0.2, 0.25) is 0 Å². The molecule has 1 heterocycles. The number of rotatable bonds is 1. The van der Waals surface area contributed by atoms with E-state index in [1.54, 1.807) is 0 Å². The number of aromatic amines is 1. The second-order valence-electron chi connectivity index (χ2n) is 4.12. The third-order valence-corrected chi connectivity index (χ3v) is 3.18. The first-order chi connectivity index (χ1) is 9.49. The van der Waals surface area contributed by atoms with Gasteiger partial charge in [-0.15, -0.1) is 0 Å². The fourth-order valence-corrected chi connectivity index (χ4v) is 2.32. The molecule has 7 heteroatoms. The predicted octanol–water partition coefficient (Wildman–Crippen LogP) is 4.24. The maximum atomic E-state index is 13.8. The second kappa shape index (κ2) is 4.45. The van der Waals surface area contributed by atoms with Gasteiger partial charge in [-0.2, -0.15) is 0 Å². The van der Waals surface area contributed by atoms with E-state index < -0.39 is 23.3 Å². The summed E-state index contributed by atoms with van der Waals surface area (Å²) in [5.74, 6) is -4.08. The van der Waals surface area contributed by atoms with Gasteiger partial charge in [0, 0.05) is 12.1 Å². The van der Waals surface area contributed by atoms with Crippen molar-refractivity contribution in [3.63, 3.8) is 0 Å². The predicted molar refractivity (Wildman–Crippen MR) is 68.3 cm³/mol. The average molecular weight is 298 g/mol. The number of imidazole rings is 1. The van der Waals surface area contributed by atoms with E-state index in [1.807, 2.05) is 0 Å². The number of halogens is 4. The van der Waals surface area contributed by atoms with E-state index in [-0.39, 0.29) is 21.5 Å². The normalized spacial score (nSPS) is 11.2. The van der Waals surface area contributed by atoms with Crippen LogP contribution in [-0.2, 0) is 0 Å². The Kier molecular flexibility index (Phi) is 2.86. The minimum absolute atomic E-state index is 0.0185. The van der Waals surface area contributed by atoms with Crippen molar-refractivity contribution < 1.29 is 17.6 Å². The molecule has 0 bridgehead atoms. The zero-order valence-corrected chi connectivity index (χ0v) is 10.6. The number of hydrogen-bond acceptors (Lipinski definition) is 1. The number of para-hydroxylation sites is 1. The van der Waals surface area contributed by atoms with Crippen LogP contribution < -0.4 is 0 Å². The highest BCUT2D eigenvalue weighted by Gasteiger charge is 2.16. The van der Waals surface area contributed by atoms with Gasteiger partial charge in [0.05, 0.1) is 11.2 Å². The molecule has 0 aliphatic rings. The summed E-state index contributed by atoms with van der Waals surface area (Å²) < 4.78 is 54.8. The number of fused-ring (bicyclic) bond motifs is 1. The topological polar surface area (TPSA) is 20.7 Å². The van der Waals surface area contributed by atoms with Crippen molar-refractivity contribution in [3.05, 3.63) is 58.4 Å². The van der Waals surface area contributed by atoms with Gasteiger partial charge < -0.3 is 4.98 Å². The zero-order chi connectivity index (χ0) is 14.4. The molecule has 1 aromatic heterocycles. The molecule has 2 aromatic carbocycles. The van der Waals surface area contributed by atoms with Crippen LogP contribution in [0.2, 0.25) is 0 Å². The Morgan fingerprint density at radius 3 is 2.35 bits per heavy atom. The summed E-state index contributed by atoms with van der Waals surface area (Å²) in [6.45, 7) is 0. The van der Waals surface area contributed by atoms with E-state index in [1.165, 1.54) is 18.2 Å². The lowest BCUT2D eigenvalue weighted by Crippen LogP contribution is -2.00. The minimum atomic E-state index is -1.30. The molecule has 0 aliphatic carbocycles. The van der Waals surface area contributed by atoms with Crippen LogP contribution in [0, 0.1) is 28.0 Å². The first kappa shape index (κ1) is 12.9. The fourth-order valence-electron chi connectivity index (χ4n) is 2.02. The molecule has 0 aliphatic heterocycles. The largest absolute Gasteiger partial charge is 0.328 e. The first-order valence-corrected chi connectivity index (χ1v) is 5.94. The summed E-state index contributed by atoms with van der Waals surface area (Å²) in [6, 6.07) is 5.21. The Morgan fingerprint density at radius 1 is 0.900 bits per heavy atom. The Bertz CT molecular complexity index is 882. The molecule has 0 unspecified atom stereocenters. The third kappa shape index (κ3) is 1.82. The van der Waals surface area contributed by atoms with Crippen molar-refractivity contribution in [1.82, 2.24) is 9.55 Å². The smallest absolute Gasteiger partial charge is 0.182 e. The molecule has 102 valence electrons. The summed E-state index contributed by atoms with van der Waals surface area (Å²) in [6.07, 6.45) is 0. The maximum Gasteiger partial charge on any atom is 0.182 e. The molecule has 0 fully saturated rings. The van der Waals surface area contributed by atoms with Gasteiger partial charge in [0.15, 0.2) is 16.4 Å². The standard InChI is InChI=1S/C13H6F4N2S/c14-6-2-1-3-10-12(6)18-13(20)19(10)11-5-8(16)7(15)4-9(11)17/h1-5H,(H,18,20). The number of aromatic nitrogens is 2. The summed E-state index contributed by atoms with van der Waals surface area (Å²) in [4.78, 5) is 2.58. The number of nitrogens with one attached hydrogen (secondary N) is 1. The Labute approximate surface area is 115 Å². The van der Waals surface area contributed by atoms with E-state index >= 15 is 0 Å². The summed E-state index contributed by atoms with van der Waals surface area (Å²) in [5.41, 5.74) is 0.0206. The Morgan fingerprint density at radius 2 is 1.60 bits per heavy atom. The highest BCUT2D eigenvalue weighted by molar-refractivity contribution is 7.71. The lowest BCUT2D eigenvalue weighted by molar-refractivity contribution is 0.493. The van der Waals surface area contributed by atoms with E-state index in [4.69, 9.17) is 12.2 Å². The SMILES string of the molecule is Fc1cc(F)c(-n2c(=S)[nH]c3c(F)cccc32)cc1F. The molecule has 20 heavy (non-hydrogen) atoms. The Hall–Kier alpha value is -2.15. The molecule has 0 atom stereocenters. The van der Waals surface area contributed by atoms with Gasteiger partial charge in [-0.25, -0.2) is 17.6 Å². The van der Waals surface area contributed by atoms with Crippen molar-refractivity contribution in [2.24, 2.45) is 0 Å². The van der Waals surface area contributed by atoms with Crippen LogP contribution in [0.5, 0.6) is 0 Å². The maximum absolute atomic E-state index is 13.8. The third-order valence-electron chi connectivity index (χ3n) is 2.90. The van der Waals surface area contributed by atoms with Crippen LogP contribution in [0.1, 0.15) is 0 Å². The molecule has 0 radical (unpaired) electrons. The van der Waals surface area contributed by atoms with Crippen LogP contribution in [0.4, 0.5) is 17.6 Å². The first-order valence-electron chi connectivity index (χ1n) is 5.53. The average Bonchev–Trinajstić information content (AvgIpc) is 2.72. The van der Waals surface area contributed by atoms with Gasteiger partial charge in [-0.3, -0.25) is 4.57 Å². The quantitative estimate of drug-likeness (QED) is 0.405. The van der Waals surface area contributed by atoms with Crippen LogP contribution in [-0.4, -0.2) is 9.55 Å². The van der Waals surface area contributed by atoms with Crippen molar-refractivity contribution >= 4 is 23.3 Å². The molecule has 0 saturated heterocycles. The second-order valence-corrected chi connectivity index (χ2v) is 4.50. The summed E-state index contributed by atoms with van der Waals surface area (Å²) >= 11 is 4.99. The Balaban J connectivity index is 2.41. The van der Waals surface area contributed by atoms with Crippen molar-refractivity contribution in [2.45, 2.75) is 0 Å². The highest BCUT2D eigenvalue weighted by atomic mass is 32.1. The number of H-pyrrole nitrogens is 1. The summed E-state index contributed by atoms with van der Waals surface area (Å²) in [5, 5.41) is 0. The number of benzene rings is 2. The molecular weight excluding hydrogens is 292 g/mol. The zero-order valence-electron chi connectivity index (χ0n) is 9.75. The monoisotopic (exact) mass is 298 g/mol. The van der Waals surface area contributed by atoms with Gasteiger partial charge in [-0.05, 0) is 24.4 Å². The number of nitrogens with zero attached hydrogens (tertiary/aromatic N) is 1. The van der Waals surface area contributed by atoms with E-state index in [2.05, 4.69) is 4.98 Å². The van der Waals surface area contributed by atoms with Crippen molar-refractivity contribution in [2.75, 3.05) is 0 Å². The lowest BCUT2D eigenvalue weighted by atomic mass is 10.2. The van der Waals surface area contributed by atoms with Gasteiger partial charge in [0.1, 0.15) is 17.2 Å². The van der Waals surface area contributed by atoms with Crippen LogP contribution >= 0.6 is 12.2 Å². The van der Waals surface area contributed by atoms with Gasteiger partial charge >= 0.3 is 0 Å². The van der Waals surface area contributed by atoms with E-state index in [9.17, 15) is 17.6 Å². The molecular formula is C13H6F4N2S. The van der Waals surface area contributed by atoms with Gasteiger partial charge in [0.25, 0.3) is 0 Å². The molecule has 2 nitrogen and oxygen atoms in total. The van der Waals surface area contributed by atoms with E-state index in [0.29, 0.717) is 12.1 Å². The molecule has 0 amide bonds. The van der Waals surface area contributed by atoms with Gasteiger partial charge in [-0.1, -0.05) is 6.07 Å². The molecule has 0 spiro atoms. The number of hydrogen-bond donors (Lipinski definition) is 1. The van der Waals surface area contributed by atoms with Crippen LogP contribution in [0.15, 0.2) is 30.3 Å². The molecule has 1 N–H and O–H groups in total. The minimum Gasteiger partial charge on any atom is -0.328 e. The van der Waals surface area contributed by atoms with Crippen molar-refractivity contribution in [3.8, 4) is 5.69 Å². The molecule has 0 saturated carbocycles. The lowest BCUT2D eigenvalue weighted by Gasteiger charge is -2.07. The molecule has 3 rings (SSSR count). The highest BCUT2D eigenvalue weighted by Crippen LogP contribution is 2.24. The molecule has 3 aromatic rings. The van der Waals surface area contributed by atoms with E-state index in [0.717, 1.165) is 4.57 Å². The summed E-state index contributed by atoms with van der Waals surface area (Å²) in [7, 11) is 0. The fraction of sp³-hybridized carbons (Fsp3) is 0. The van der Waals surface area contributed by atoms with Crippen molar-refractivity contribution in [1.29, 1.82) is 0 Å². The van der Waals surface area contributed by atoms with Crippen LogP contribution in [0.3, 0.4) is 0 Å². The van der Waals surface area contributed by atoms with Crippen LogP contribution in [0.25, 0.3) is 16.7 Å².